The molecule has 2 atom stereocenters. The van der Waals surface area contributed by atoms with E-state index in [1.165, 1.54) is 18.4 Å². The molecule has 0 saturated heterocycles. The van der Waals surface area contributed by atoms with Gasteiger partial charge in [-0.25, -0.2) is 3.11 Å². The van der Waals surface area contributed by atoms with E-state index in [2.05, 4.69) is 44.8 Å². The van der Waals surface area contributed by atoms with E-state index in [1.54, 1.807) is 0 Å². The first-order valence-electron chi connectivity index (χ1n) is 4.42. The molecule has 1 rings (SSSR count). The first-order valence-corrected chi connectivity index (χ1v) is 5.39. The molecule has 0 radical (unpaired) electrons. The lowest BCUT2D eigenvalue weighted by atomic mass is 10.1. The first-order chi connectivity index (χ1) is 5.66. The first kappa shape index (κ1) is 10.5. The second-order valence-electron chi connectivity index (χ2n) is 3.48. The Bertz CT molecular complexity index is 170. The molecule has 0 aromatic heterocycles. The third kappa shape index (κ3) is 2.20. The van der Waals surface area contributed by atoms with Crippen LogP contribution in [0, 0.1) is 5.92 Å². The van der Waals surface area contributed by atoms with Gasteiger partial charge in [-0.15, -0.1) is 0 Å². The molecule has 0 bridgehead atoms. The molecule has 0 aromatic rings. The van der Waals surface area contributed by atoms with Crippen molar-refractivity contribution in [3.63, 3.8) is 0 Å². The monoisotopic (exact) mass is 280 g/mol. The third-order valence-corrected chi connectivity index (χ3v) is 3.60. The predicted molar refractivity (Wildman–Crippen MR) is 61.1 cm³/mol. The zero-order valence-corrected chi connectivity index (χ0v) is 9.97. The van der Waals surface area contributed by atoms with Crippen molar-refractivity contribution in [3.8, 4) is 0 Å². The van der Waals surface area contributed by atoms with Gasteiger partial charge in [-0.05, 0) is 25.8 Å². The second-order valence-corrected chi connectivity index (χ2v) is 4.72. The lowest BCUT2D eigenvalue weighted by Crippen LogP contribution is -2.32. The van der Waals surface area contributed by atoms with Gasteiger partial charge in [-0.2, -0.15) is 0 Å². The van der Waals surface area contributed by atoms with Crippen LogP contribution in [-0.2, 0) is 0 Å². The Hall–Kier alpha value is 0.390. The van der Waals surface area contributed by atoms with E-state index in [0.29, 0.717) is 12.0 Å². The number of hydrogen-bond acceptors (Lipinski definition) is 2. The van der Waals surface area contributed by atoms with Gasteiger partial charge in [-0.3, -0.25) is 0 Å². The average Bonchev–Trinajstić information content (AvgIpc) is 2.34. The van der Waals surface area contributed by atoms with E-state index < -0.39 is 0 Å². The van der Waals surface area contributed by atoms with Gasteiger partial charge in [0.25, 0.3) is 0 Å². The minimum atomic E-state index is 0.591. The van der Waals surface area contributed by atoms with Crippen LogP contribution in [0.2, 0.25) is 0 Å². The SMILES string of the molecule is C=C1[C@H](C)CC[C@@H]1N(I)CNC. The Kier molecular flexibility index (Phi) is 3.99. The van der Waals surface area contributed by atoms with Gasteiger partial charge in [-0.1, -0.05) is 19.1 Å². The molecular formula is C9H17IN2. The highest BCUT2D eigenvalue weighted by Crippen LogP contribution is 2.34. The highest BCUT2D eigenvalue weighted by atomic mass is 127. The molecule has 3 heteroatoms. The van der Waals surface area contributed by atoms with Crippen LogP contribution in [0.3, 0.4) is 0 Å². The molecule has 0 aliphatic heterocycles. The maximum Gasteiger partial charge on any atom is 0.0578 e. The molecule has 0 heterocycles. The van der Waals surface area contributed by atoms with Crippen molar-refractivity contribution in [2.75, 3.05) is 13.7 Å². The Balaban J connectivity index is 2.47. The fourth-order valence-electron chi connectivity index (χ4n) is 1.69. The predicted octanol–water partition coefficient (Wildman–Crippen LogP) is 2.17. The molecule has 2 nitrogen and oxygen atoms in total. The summed E-state index contributed by atoms with van der Waals surface area (Å²) < 4.78 is 2.31. The summed E-state index contributed by atoms with van der Waals surface area (Å²) in [6.45, 7) is 7.36. The summed E-state index contributed by atoms with van der Waals surface area (Å²) >= 11 is 2.38. The van der Waals surface area contributed by atoms with E-state index in [0.717, 1.165) is 6.67 Å². The number of rotatable bonds is 3. The maximum absolute atomic E-state index is 4.15. The number of nitrogens with one attached hydrogen (secondary N) is 1. The zero-order valence-electron chi connectivity index (χ0n) is 7.81. The Morgan fingerprint density at radius 3 is 2.75 bits per heavy atom. The molecule has 1 aliphatic rings. The van der Waals surface area contributed by atoms with E-state index in [-0.39, 0.29) is 0 Å². The van der Waals surface area contributed by atoms with Crippen molar-refractivity contribution in [1.82, 2.24) is 8.43 Å². The third-order valence-electron chi connectivity index (χ3n) is 2.58. The summed E-state index contributed by atoms with van der Waals surface area (Å²) in [5.74, 6) is 0.712. The fraction of sp³-hybridized carbons (Fsp3) is 0.778. The normalized spacial score (nSPS) is 30.2. The number of halogens is 1. The summed E-state index contributed by atoms with van der Waals surface area (Å²) in [6, 6.07) is 0.591. The van der Waals surface area contributed by atoms with E-state index in [1.807, 2.05) is 7.05 Å². The van der Waals surface area contributed by atoms with Crippen molar-refractivity contribution >= 4 is 22.9 Å². The standard InChI is InChI=1S/C9H17IN2/c1-7-4-5-9(8(7)2)12(10)6-11-3/h7,9,11H,2,4-6H2,1,3H3/t7-,9+/m1/s1. The minimum Gasteiger partial charge on any atom is -0.307 e. The van der Waals surface area contributed by atoms with Crippen LogP contribution in [-0.4, -0.2) is 22.9 Å². The summed E-state index contributed by atoms with van der Waals surface area (Å²) in [5, 5.41) is 3.16. The fourth-order valence-corrected chi connectivity index (χ4v) is 2.67. The minimum absolute atomic E-state index is 0.591. The molecule has 0 aromatic carbocycles. The van der Waals surface area contributed by atoms with Gasteiger partial charge >= 0.3 is 0 Å². The van der Waals surface area contributed by atoms with Crippen molar-refractivity contribution in [3.05, 3.63) is 12.2 Å². The van der Waals surface area contributed by atoms with Crippen molar-refractivity contribution in [2.24, 2.45) is 5.92 Å². The largest absolute Gasteiger partial charge is 0.307 e. The Labute approximate surface area is 88.9 Å². The molecular weight excluding hydrogens is 263 g/mol. The Morgan fingerprint density at radius 1 is 1.67 bits per heavy atom. The van der Waals surface area contributed by atoms with Gasteiger partial charge in [0.2, 0.25) is 0 Å². The van der Waals surface area contributed by atoms with Crippen LogP contribution in [0.25, 0.3) is 0 Å². The Morgan fingerprint density at radius 2 is 2.33 bits per heavy atom. The quantitative estimate of drug-likeness (QED) is 0.369. The van der Waals surface area contributed by atoms with Crippen LogP contribution in [0.5, 0.6) is 0 Å². The maximum atomic E-state index is 4.15. The van der Waals surface area contributed by atoms with E-state index in [4.69, 9.17) is 0 Å². The molecule has 0 amide bonds. The lowest BCUT2D eigenvalue weighted by Gasteiger charge is -2.22. The van der Waals surface area contributed by atoms with E-state index >= 15 is 0 Å². The summed E-state index contributed by atoms with van der Waals surface area (Å²) in [5.41, 5.74) is 1.40. The molecule has 1 saturated carbocycles. The van der Waals surface area contributed by atoms with Gasteiger partial charge in [0, 0.05) is 28.9 Å². The molecule has 70 valence electrons. The van der Waals surface area contributed by atoms with Crippen LogP contribution in [0.4, 0.5) is 0 Å². The van der Waals surface area contributed by atoms with Crippen LogP contribution < -0.4 is 5.32 Å². The summed E-state index contributed by atoms with van der Waals surface area (Å²) in [7, 11) is 1.98. The lowest BCUT2D eigenvalue weighted by molar-refractivity contribution is 0.408. The topological polar surface area (TPSA) is 15.3 Å². The molecule has 12 heavy (non-hydrogen) atoms. The van der Waals surface area contributed by atoms with Gasteiger partial charge in [0.05, 0.1) is 6.67 Å². The molecule has 1 aliphatic carbocycles. The zero-order chi connectivity index (χ0) is 9.14. The molecule has 1 fully saturated rings. The van der Waals surface area contributed by atoms with Gasteiger partial charge in [0.15, 0.2) is 0 Å². The number of hydrogen-bond donors (Lipinski definition) is 1. The van der Waals surface area contributed by atoms with Crippen molar-refractivity contribution < 1.29 is 0 Å². The summed E-state index contributed by atoms with van der Waals surface area (Å²) in [4.78, 5) is 0. The van der Waals surface area contributed by atoms with Crippen LogP contribution in [0.1, 0.15) is 19.8 Å². The molecule has 1 N–H and O–H groups in total. The molecule has 0 unspecified atom stereocenters. The van der Waals surface area contributed by atoms with Crippen molar-refractivity contribution in [2.45, 2.75) is 25.8 Å². The summed E-state index contributed by atoms with van der Waals surface area (Å²) in [6.07, 6.45) is 2.57. The van der Waals surface area contributed by atoms with Gasteiger partial charge in [0.1, 0.15) is 0 Å². The second kappa shape index (κ2) is 4.58. The highest BCUT2D eigenvalue weighted by Gasteiger charge is 2.28. The smallest absolute Gasteiger partial charge is 0.0578 e. The average molecular weight is 280 g/mol. The van der Waals surface area contributed by atoms with Crippen molar-refractivity contribution in [1.29, 1.82) is 0 Å². The van der Waals surface area contributed by atoms with Crippen LogP contribution >= 0.6 is 22.9 Å². The van der Waals surface area contributed by atoms with Crippen LogP contribution in [0.15, 0.2) is 12.2 Å². The highest BCUT2D eigenvalue weighted by molar-refractivity contribution is 14.1. The van der Waals surface area contributed by atoms with E-state index in [9.17, 15) is 0 Å². The van der Waals surface area contributed by atoms with Gasteiger partial charge < -0.3 is 5.32 Å². The number of nitrogens with zero attached hydrogens (tertiary/aromatic N) is 1. The molecule has 0 spiro atoms.